The van der Waals surface area contributed by atoms with E-state index in [0.29, 0.717) is 18.4 Å². The smallest absolute Gasteiger partial charge is 0.231 e. The summed E-state index contributed by atoms with van der Waals surface area (Å²) in [5, 5.41) is 0. The molecule has 2 saturated heterocycles. The first-order chi connectivity index (χ1) is 12.7. The largest absolute Gasteiger partial charge is 0.493 e. The van der Waals surface area contributed by atoms with Crippen molar-refractivity contribution >= 4 is 0 Å². The molecule has 5 heteroatoms. The lowest BCUT2D eigenvalue weighted by molar-refractivity contribution is 0.0916. The number of hydrogen-bond acceptors (Lipinski definition) is 4. The number of benzene rings is 1. The third kappa shape index (κ3) is 3.78. The van der Waals surface area contributed by atoms with Crippen LogP contribution in [0.2, 0.25) is 0 Å². The number of hydrogen-bond donors (Lipinski definition) is 0. The normalized spacial score (nSPS) is 25.8. The van der Waals surface area contributed by atoms with Crippen LogP contribution >= 0.6 is 0 Å². The van der Waals surface area contributed by atoms with E-state index in [4.69, 9.17) is 14.2 Å². The van der Waals surface area contributed by atoms with Crippen molar-refractivity contribution in [1.82, 2.24) is 4.90 Å². The second-order valence-electron chi connectivity index (χ2n) is 7.11. The molecule has 0 radical (unpaired) electrons. The lowest BCUT2D eigenvalue weighted by Gasteiger charge is -2.37. The minimum absolute atomic E-state index is 0.188. The summed E-state index contributed by atoms with van der Waals surface area (Å²) in [6.45, 7) is 2.90. The Kier molecular flexibility index (Phi) is 4.98. The molecule has 0 aromatic heterocycles. The number of nitrogens with zero attached hydrogens (tertiary/aromatic N) is 1. The first-order valence-corrected chi connectivity index (χ1v) is 9.14. The van der Waals surface area contributed by atoms with Gasteiger partial charge in [0.2, 0.25) is 6.79 Å². The van der Waals surface area contributed by atoms with Gasteiger partial charge >= 0.3 is 0 Å². The molecule has 3 aliphatic rings. The Morgan fingerprint density at radius 1 is 1.15 bits per heavy atom. The molecule has 2 heterocycles. The topological polar surface area (TPSA) is 30.9 Å². The lowest BCUT2D eigenvalue weighted by atomic mass is 9.81. The van der Waals surface area contributed by atoms with Crippen molar-refractivity contribution in [3.8, 4) is 0 Å². The van der Waals surface area contributed by atoms with Gasteiger partial charge in [0.15, 0.2) is 11.5 Å². The Morgan fingerprint density at radius 2 is 1.96 bits per heavy atom. The van der Waals surface area contributed by atoms with Crippen LogP contribution in [0.3, 0.4) is 0 Å². The molecule has 1 aromatic rings. The zero-order valence-corrected chi connectivity index (χ0v) is 15.0. The first kappa shape index (κ1) is 17.2. The maximum atomic E-state index is 13.3. The molecular weight excluding hydrogens is 333 g/mol. The Balaban J connectivity index is 1.45. The summed E-state index contributed by atoms with van der Waals surface area (Å²) in [5.41, 5.74) is 1.19. The molecule has 0 saturated carbocycles. The Hall–Kier alpha value is -2.27. The van der Waals surface area contributed by atoms with E-state index in [1.165, 1.54) is 5.56 Å². The van der Waals surface area contributed by atoms with Crippen LogP contribution in [0.15, 0.2) is 59.8 Å². The van der Waals surface area contributed by atoms with Crippen LogP contribution in [0.1, 0.15) is 24.3 Å². The zero-order chi connectivity index (χ0) is 17.9. The van der Waals surface area contributed by atoms with Crippen molar-refractivity contribution in [1.29, 1.82) is 0 Å². The number of halogens is 1. The Bertz CT molecular complexity index is 738. The summed E-state index contributed by atoms with van der Waals surface area (Å²) in [6, 6.07) is 6.92. The van der Waals surface area contributed by atoms with Gasteiger partial charge in [0.05, 0.1) is 6.61 Å². The number of rotatable bonds is 4. The maximum absolute atomic E-state index is 13.3. The quantitative estimate of drug-likeness (QED) is 0.817. The van der Waals surface area contributed by atoms with Gasteiger partial charge in [0.1, 0.15) is 11.6 Å². The first-order valence-electron chi connectivity index (χ1n) is 9.14. The molecule has 138 valence electrons. The highest BCUT2D eigenvalue weighted by Gasteiger charge is 2.30. The Morgan fingerprint density at radius 3 is 2.81 bits per heavy atom. The lowest BCUT2D eigenvalue weighted by Crippen LogP contribution is -2.39. The summed E-state index contributed by atoms with van der Waals surface area (Å²) in [4.78, 5) is 2.33. The van der Waals surface area contributed by atoms with E-state index in [0.717, 1.165) is 43.2 Å². The number of allylic oxidation sites excluding steroid dienone is 3. The van der Waals surface area contributed by atoms with Crippen LogP contribution in [-0.4, -0.2) is 38.4 Å². The number of likely N-dealkylation sites (tertiary alicyclic amines) is 1. The summed E-state index contributed by atoms with van der Waals surface area (Å²) < 4.78 is 30.3. The van der Waals surface area contributed by atoms with E-state index in [1.54, 1.807) is 12.1 Å². The molecule has 4 rings (SSSR count). The van der Waals surface area contributed by atoms with E-state index in [-0.39, 0.29) is 12.6 Å². The average molecular weight is 357 g/mol. The van der Waals surface area contributed by atoms with Crippen molar-refractivity contribution in [2.45, 2.75) is 18.8 Å². The fraction of sp³-hybridized carbons (Fsp3) is 0.429. The van der Waals surface area contributed by atoms with Gasteiger partial charge in [-0.3, -0.25) is 0 Å². The van der Waals surface area contributed by atoms with E-state index < -0.39 is 0 Å². The molecule has 2 unspecified atom stereocenters. The van der Waals surface area contributed by atoms with E-state index in [9.17, 15) is 4.39 Å². The summed E-state index contributed by atoms with van der Waals surface area (Å²) in [6.07, 6.45) is 7.78. The number of piperidine rings is 1. The molecular formula is C21H24FNO3. The van der Waals surface area contributed by atoms with E-state index in [1.807, 2.05) is 30.4 Å². The van der Waals surface area contributed by atoms with E-state index in [2.05, 4.69) is 11.9 Å². The predicted octanol–water partition coefficient (Wildman–Crippen LogP) is 3.94. The minimum atomic E-state index is -0.188. The summed E-state index contributed by atoms with van der Waals surface area (Å²) in [7, 11) is 2.14. The molecule has 0 N–H and O–H groups in total. The van der Waals surface area contributed by atoms with Crippen LogP contribution in [-0.2, 0) is 14.2 Å². The zero-order valence-electron chi connectivity index (χ0n) is 15.0. The third-order valence-electron chi connectivity index (χ3n) is 5.27. The molecule has 0 bridgehead atoms. The summed E-state index contributed by atoms with van der Waals surface area (Å²) >= 11 is 0. The van der Waals surface area contributed by atoms with Crippen molar-refractivity contribution in [3.63, 3.8) is 0 Å². The molecule has 0 amide bonds. The summed E-state index contributed by atoms with van der Waals surface area (Å²) in [5.74, 6) is 2.90. The van der Waals surface area contributed by atoms with Crippen LogP contribution in [0, 0.1) is 11.7 Å². The molecule has 2 aliphatic heterocycles. The van der Waals surface area contributed by atoms with Crippen molar-refractivity contribution < 1.29 is 18.6 Å². The maximum Gasteiger partial charge on any atom is 0.231 e. The minimum Gasteiger partial charge on any atom is -0.493 e. The van der Waals surface area contributed by atoms with Crippen molar-refractivity contribution in [2.75, 3.05) is 33.5 Å². The standard InChI is InChI=1S/C21H24FNO3/c1-23-10-9-19(15-5-7-17(22)8-6-15)16(12-23)13-24-18-3-2-4-20-21(11-18)26-14-25-20/h3-8,11,16,19H,2,9-10,12-14H2,1H3. The molecule has 0 spiro atoms. The highest BCUT2D eigenvalue weighted by molar-refractivity contribution is 5.33. The van der Waals surface area contributed by atoms with Crippen LogP contribution < -0.4 is 0 Å². The predicted molar refractivity (Wildman–Crippen MR) is 96.6 cm³/mol. The van der Waals surface area contributed by atoms with Crippen LogP contribution in [0.25, 0.3) is 0 Å². The molecule has 2 atom stereocenters. The third-order valence-corrected chi connectivity index (χ3v) is 5.27. The van der Waals surface area contributed by atoms with Gasteiger partial charge in [-0.05, 0) is 62.2 Å². The van der Waals surface area contributed by atoms with Crippen LogP contribution in [0.5, 0.6) is 0 Å². The van der Waals surface area contributed by atoms with Crippen LogP contribution in [0.4, 0.5) is 4.39 Å². The molecule has 1 aliphatic carbocycles. The average Bonchev–Trinajstić information content (AvgIpc) is 2.98. The van der Waals surface area contributed by atoms with Gasteiger partial charge in [-0.15, -0.1) is 0 Å². The highest BCUT2D eigenvalue weighted by Crippen LogP contribution is 2.34. The van der Waals surface area contributed by atoms with Gasteiger partial charge in [-0.1, -0.05) is 12.1 Å². The van der Waals surface area contributed by atoms with Gasteiger partial charge < -0.3 is 19.1 Å². The Labute approximate surface area is 153 Å². The number of fused-ring (bicyclic) bond motifs is 1. The van der Waals surface area contributed by atoms with Gasteiger partial charge in [-0.25, -0.2) is 4.39 Å². The SMILES string of the molecule is CN1CCC(c2ccc(F)cc2)C(COC2=CCC=C3OCOC3=C2)C1. The number of ether oxygens (including phenoxy) is 3. The molecule has 26 heavy (non-hydrogen) atoms. The second-order valence-corrected chi connectivity index (χ2v) is 7.11. The van der Waals surface area contributed by atoms with Crippen molar-refractivity contribution in [3.05, 3.63) is 71.2 Å². The van der Waals surface area contributed by atoms with Gasteiger partial charge in [0, 0.05) is 18.5 Å². The highest BCUT2D eigenvalue weighted by atomic mass is 19.1. The molecule has 2 fully saturated rings. The fourth-order valence-electron chi connectivity index (χ4n) is 3.88. The molecule has 4 nitrogen and oxygen atoms in total. The van der Waals surface area contributed by atoms with E-state index >= 15 is 0 Å². The van der Waals surface area contributed by atoms with Gasteiger partial charge in [-0.2, -0.15) is 0 Å². The molecule has 1 aromatic carbocycles. The second kappa shape index (κ2) is 7.54. The van der Waals surface area contributed by atoms with Crippen molar-refractivity contribution in [2.24, 2.45) is 5.92 Å². The monoisotopic (exact) mass is 357 g/mol. The van der Waals surface area contributed by atoms with Gasteiger partial charge in [0.25, 0.3) is 0 Å². The fourth-order valence-corrected chi connectivity index (χ4v) is 3.88.